The van der Waals surface area contributed by atoms with Crippen molar-refractivity contribution in [2.75, 3.05) is 18.0 Å². The van der Waals surface area contributed by atoms with E-state index in [4.69, 9.17) is 0 Å². The number of hydrogen-bond donors (Lipinski definition) is 1. The van der Waals surface area contributed by atoms with E-state index >= 15 is 0 Å². The van der Waals surface area contributed by atoms with Crippen LogP contribution in [0.15, 0.2) is 0 Å². The summed E-state index contributed by atoms with van der Waals surface area (Å²) in [4.78, 5) is 8.20. The molecule has 1 saturated heterocycles. The van der Waals surface area contributed by atoms with Crippen LogP contribution >= 0.6 is 11.3 Å². The van der Waals surface area contributed by atoms with Crippen LogP contribution in [-0.4, -0.2) is 28.8 Å². The third-order valence-electron chi connectivity index (χ3n) is 3.35. The SMILES string of the molecule is Cc1nc(N2CCCC(C)(O)CC2)sc1C. The van der Waals surface area contributed by atoms with E-state index in [1.165, 1.54) is 4.88 Å². The molecule has 1 aliphatic heterocycles. The quantitative estimate of drug-likeness (QED) is 0.819. The molecule has 2 heterocycles. The summed E-state index contributed by atoms with van der Waals surface area (Å²) in [6, 6.07) is 0. The maximum atomic E-state index is 10.0. The highest BCUT2D eigenvalue weighted by molar-refractivity contribution is 7.15. The van der Waals surface area contributed by atoms with Crippen LogP contribution in [0.4, 0.5) is 5.13 Å². The molecule has 1 unspecified atom stereocenters. The summed E-state index contributed by atoms with van der Waals surface area (Å²) in [5.74, 6) is 0. The van der Waals surface area contributed by atoms with Crippen molar-refractivity contribution in [2.45, 2.75) is 45.6 Å². The Morgan fingerprint density at radius 2 is 2.06 bits per heavy atom. The molecule has 1 aromatic rings. The summed E-state index contributed by atoms with van der Waals surface area (Å²) >= 11 is 1.76. The van der Waals surface area contributed by atoms with Gasteiger partial charge in [0.1, 0.15) is 0 Å². The maximum Gasteiger partial charge on any atom is 0.185 e. The van der Waals surface area contributed by atoms with Gasteiger partial charge in [0.15, 0.2) is 5.13 Å². The van der Waals surface area contributed by atoms with Crippen LogP contribution in [0.3, 0.4) is 0 Å². The molecule has 0 aromatic carbocycles. The summed E-state index contributed by atoms with van der Waals surface area (Å²) in [6.45, 7) is 8.05. The molecule has 90 valence electrons. The van der Waals surface area contributed by atoms with Gasteiger partial charge in [-0.1, -0.05) is 0 Å². The van der Waals surface area contributed by atoms with Crippen LogP contribution in [0, 0.1) is 13.8 Å². The second kappa shape index (κ2) is 4.34. The lowest BCUT2D eigenvalue weighted by atomic mass is 9.98. The van der Waals surface area contributed by atoms with Crippen LogP contribution in [-0.2, 0) is 0 Å². The first kappa shape index (κ1) is 11.9. The Morgan fingerprint density at radius 1 is 1.31 bits per heavy atom. The van der Waals surface area contributed by atoms with E-state index in [1.807, 2.05) is 6.92 Å². The molecular formula is C12H20N2OS. The zero-order valence-corrected chi connectivity index (χ0v) is 11.1. The van der Waals surface area contributed by atoms with Crippen molar-refractivity contribution in [1.29, 1.82) is 0 Å². The number of aromatic nitrogens is 1. The van der Waals surface area contributed by atoms with Gasteiger partial charge in [-0.3, -0.25) is 0 Å². The first-order chi connectivity index (χ1) is 7.48. The van der Waals surface area contributed by atoms with Crippen molar-refractivity contribution in [1.82, 2.24) is 4.98 Å². The lowest BCUT2D eigenvalue weighted by Crippen LogP contribution is -2.28. The van der Waals surface area contributed by atoms with Crippen molar-refractivity contribution < 1.29 is 5.11 Å². The van der Waals surface area contributed by atoms with Gasteiger partial charge in [-0.2, -0.15) is 0 Å². The third kappa shape index (κ3) is 2.55. The van der Waals surface area contributed by atoms with Gasteiger partial charge in [0.2, 0.25) is 0 Å². The molecule has 2 rings (SSSR count). The van der Waals surface area contributed by atoms with Gasteiger partial charge in [-0.15, -0.1) is 11.3 Å². The minimum atomic E-state index is -0.490. The van der Waals surface area contributed by atoms with E-state index in [9.17, 15) is 5.11 Å². The molecule has 1 N–H and O–H groups in total. The normalized spacial score (nSPS) is 26.9. The average Bonchev–Trinajstić information content (AvgIpc) is 2.43. The first-order valence-electron chi connectivity index (χ1n) is 5.89. The van der Waals surface area contributed by atoms with E-state index in [0.29, 0.717) is 0 Å². The fourth-order valence-electron chi connectivity index (χ4n) is 2.05. The fourth-order valence-corrected chi connectivity index (χ4v) is 3.01. The number of thiazole rings is 1. The van der Waals surface area contributed by atoms with Crippen molar-refractivity contribution in [3.05, 3.63) is 10.6 Å². The van der Waals surface area contributed by atoms with Crippen LogP contribution in [0.1, 0.15) is 36.8 Å². The number of rotatable bonds is 1. The standard InChI is InChI=1S/C12H20N2OS/c1-9-10(2)16-11(13-9)14-7-4-5-12(3,15)6-8-14/h15H,4-8H2,1-3H3. The second-order valence-corrected chi connectivity index (χ2v) is 6.16. The lowest BCUT2D eigenvalue weighted by Gasteiger charge is -2.21. The Balaban J connectivity index is 2.10. The van der Waals surface area contributed by atoms with E-state index in [1.54, 1.807) is 11.3 Å². The minimum absolute atomic E-state index is 0.490. The molecule has 1 aromatic heterocycles. The van der Waals surface area contributed by atoms with Gasteiger partial charge < -0.3 is 10.0 Å². The molecule has 1 aliphatic rings. The number of anilines is 1. The highest BCUT2D eigenvalue weighted by Crippen LogP contribution is 2.29. The van der Waals surface area contributed by atoms with Gasteiger partial charge >= 0.3 is 0 Å². The summed E-state index contributed by atoms with van der Waals surface area (Å²) in [5, 5.41) is 11.2. The largest absolute Gasteiger partial charge is 0.390 e. The van der Waals surface area contributed by atoms with Crippen molar-refractivity contribution in [2.24, 2.45) is 0 Å². The molecule has 0 spiro atoms. The van der Waals surface area contributed by atoms with Crippen molar-refractivity contribution in [3.8, 4) is 0 Å². The molecule has 0 bridgehead atoms. The Hall–Kier alpha value is -0.610. The Bertz CT molecular complexity index is 354. The van der Waals surface area contributed by atoms with Gasteiger partial charge in [0, 0.05) is 18.0 Å². The average molecular weight is 240 g/mol. The molecule has 16 heavy (non-hydrogen) atoms. The Kier molecular flexibility index (Phi) is 3.22. The van der Waals surface area contributed by atoms with E-state index in [-0.39, 0.29) is 0 Å². The van der Waals surface area contributed by atoms with E-state index < -0.39 is 5.60 Å². The summed E-state index contributed by atoms with van der Waals surface area (Å²) in [7, 11) is 0. The molecule has 0 radical (unpaired) electrons. The summed E-state index contributed by atoms with van der Waals surface area (Å²) < 4.78 is 0. The summed E-state index contributed by atoms with van der Waals surface area (Å²) in [5.41, 5.74) is 0.645. The predicted molar refractivity (Wildman–Crippen MR) is 68.3 cm³/mol. The predicted octanol–water partition coefficient (Wildman–Crippen LogP) is 2.50. The number of nitrogens with zero attached hydrogens (tertiary/aromatic N) is 2. The molecule has 4 heteroatoms. The minimum Gasteiger partial charge on any atom is -0.390 e. The highest BCUT2D eigenvalue weighted by Gasteiger charge is 2.26. The molecule has 0 saturated carbocycles. The molecular weight excluding hydrogens is 220 g/mol. The van der Waals surface area contributed by atoms with Crippen LogP contribution in [0.25, 0.3) is 0 Å². The first-order valence-corrected chi connectivity index (χ1v) is 6.71. The topological polar surface area (TPSA) is 36.4 Å². The zero-order valence-electron chi connectivity index (χ0n) is 10.3. The summed E-state index contributed by atoms with van der Waals surface area (Å²) in [6.07, 6.45) is 2.78. The highest BCUT2D eigenvalue weighted by atomic mass is 32.1. The number of aryl methyl sites for hydroxylation is 2. The number of aliphatic hydroxyl groups is 1. The van der Waals surface area contributed by atoms with Crippen LogP contribution in [0.2, 0.25) is 0 Å². The molecule has 0 amide bonds. The molecule has 0 aliphatic carbocycles. The molecule has 3 nitrogen and oxygen atoms in total. The molecule has 1 atom stereocenters. The maximum absolute atomic E-state index is 10.0. The Labute approximate surface area is 101 Å². The molecule has 1 fully saturated rings. The van der Waals surface area contributed by atoms with Crippen LogP contribution < -0.4 is 4.90 Å². The monoisotopic (exact) mass is 240 g/mol. The van der Waals surface area contributed by atoms with E-state index in [2.05, 4.69) is 23.7 Å². The third-order valence-corrected chi connectivity index (χ3v) is 4.49. The van der Waals surface area contributed by atoms with Crippen LogP contribution in [0.5, 0.6) is 0 Å². The second-order valence-electron chi connectivity index (χ2n) is 4.98. The van der Waals surface area contributed by atoms with Gasteiger partial charge in [-0.05, 0) is 40.0 Å². The number of hydrogen-bond acceptors (Lipinski definition) is 4. The van der Waals surface area contributed by atoms with Gasteiger partial charge in [-0.25, -0.2) is 4.98 Å². The Morgan fingerprint density at radius 3 is 2.69 bits per heavy atom. The lowest BCUT2D eigenvalue weighted by molar-refractivity contribution is 0.0481. The fraction of sp³-hybridized carbons (Fsp3) is 0.750. The van der Waals surface area contributed by atoms with Gasteiger partial charge in [0.25, 0.3) is 0 Å². The zero-order chi connectivity index (χ0) is 11.8. The van der Waals surface area contributed by atoms with Crippen molar-refractivity contribution >= 4 is 16.5 Å². The smallest absolute Gasteiger partial charge is 0.185 e. The van der Waals surface area contributed by atoms with Crippen molar-refractivity contribution in [3.63, 3.8) is 0 Å². The van der Waals surface area contributed by atoms with E-state index in [0.717, 1.165) is 43.2 Å². The van der Waals surface area contributed by atoms with Gasteiger partial charge in [0.05, 0.1) is 11.3 Å².